The Morgan fingerprint density at radius 1 is 1.10 bits per heavy atom. The molecule has 6 heteroatoms. The molecule has 3 aromatic rings. The molecule has 2 heterocycles. The van der Waals surface area contributed by atoms with Gasteiger partial charge in [-0.3, -0.25) is 4.40 Å². The summed E-state index contributed by atoms with van der Waals surface area (Å²) in [6.07, 6.45) is 3.50. The van der Waals surface area contributed by atoms with Crippen molar-refractivity contribution in [1.29, 1.82) is 0 Å². The normalized spacial score (nSPS) is 10.7. The second-order valence-electron chi connectivity index (χ2n) is 4.24. The number of imidazole rings is 1. The molecule has 1 aromatic carbocycles. The number of nitrogens with zero attached hydrogens (tertiary/aromatic N) is 3. The van der Waals surface area contributed by atoms with E-state index in [0.717, 1.165) is 5.56 Å². The van der Waals surface area contributed by atoms with E-state index >= 15 is 0 Å². The lowest BCUT2D eigenvalue weighted by molar-refractivity contribution is 0.394. The Hall–Kier alpha value is -2.76. The Morgan fingerprint density at radius 2 is 1.80 bits per heavy atom. The zero-order valence-electron chi connectivity index (χ0n) is 11.2. The average molecular weight is 270 g/mol. The van der Waals surface area contributed by atoms with Crippen LogP contribution in [0.3, 0.4) is 0 Å². The van der Waals surface area contributed by atoms with Crippen LogP contribution in [0.25, 0.3) is 17.0 Å². The van der Waals surface area contributed by atoms with E-state index in [4.69, 9.17) is 15.2 Å². The summed E-state index contributed by atoms with van der Waals surface area (Å²) in [5.41, 5.74) is 7.61. The van der Waals surface area contributed by atoms with Crippen LogP contribution in [0.5, 0.6) is 11.5 Å². The van der Waals surface area contributed by atoms with Gasteiger partial charge in [-0.25, -0.2) is 9.97 Å². The lowest BCUT2D eigenvalue weighted by Gasteiger charge is -2.07. The van der Waals surface area contributed by atoms with Gasteiger partial charge < -0.3 is 15.2 Å². The van der Waals surface area contributed by atoms with Crippen molar-refractivity contribution < 1.29 is 9.47 Å². The lowest BCUT2D eigenvalue weighted by Crippen LogP contribution is -1.95. The van der Waals surface area contributed by atoms with Gasteiger partial charge >= 0.3 is 0 Å². The molecule has 0 saturated heterocycles. The van der Waals surface area contributed by atoms with E-state index < -0.39 is 0 Å². The average Bonchev–Trinajstić information content (AvgIpc) is 2.84. The summed E-state index contributed by atoms with van der Waals surface area (Å²) in [6.45, 7) is 0. The molecule has 0 bridgehead atoms. The van der Waals surface area contributed by atoms with Crippen molar-refractivity contribution in [3.63, 3.8) is 0 Å². The van der Waals surface area contributed by atoms with Crippen molar-refractivity contribution in [3.8, 4) is 22.8 Å². The molecule has 2 aromatic heterocycles. The highest BCUT2D eigenvalue weighted by atomic mass is 16.5. The Kier molecular flexibility index (Phi) is 2.90. The third kappa shape index (κ3) is 1.91. The van der Waals surface area contributed by atoms with Gasteiger partial charge in [0.2, 0.25) is 5.78 Å². The van der Waals surface area contributed by atoms with E-state index in [-0.39, 0.29) is 0 Å². The topological polar surface area (TPSA) is 74.7 Å². The molecule has 6 nitrogen and oxygen atoms in total. The third-order valence-corrected chi connectivity index (χ3v) is 3.07. The fourth-order valence-electron chi connectivity index (χ4n) is 2.06. The Labute approximate surface area is 115 Å². The van der Waals surface area contributed by atoms with Gasteiger partial charge in [0, 0.05) is 24.0 Å². The van der Waals surface area contributed by atoms with E-state index in [2.05, 4.69) is 9.97 Å². The number of benzene rings is 1. The summed E-state index contributed by atoms with van der Waals surface area (Å²) in [4.78, 5) is 8.63. The van der Waals surface area contributed by atoms with E-state index in [1.165, 1.54) is 0 Å². The molecular formula is C14H14N4O2. The monoisotopic (exact) mass is 270 g/mol. The van der Waals surface area contributed by atoms with Crippen LogP contribution in [0.4, 0.5) is 5.82 Å². The van der Waals surface area contributed by atoms with Crippen LogP contribution < -0.4 is 15.2 Å². The maximum absolute atomic E-state index is 6.13. The van der Waals surface area contributed by atoms with Crippen LogP contribution >= 0.6 is 0 Å². The molecule has 102 valence electrons. The summed E-state index contributed by atoms with van der Waals surface area (Å²) in [7, 11) is 3.21. The molecule has 0 aliphatic heterocycles. The van der Waals surface area contributed by atoms with Crippen LogP contribution in [0.2, 0.25) is 0 Å². The lowest BCUT2D eigenvalue weighted by atomic mass is 10.1. The number of nitrogens with two attached hydrogens (primary N) is 1. The first-order chi connectivity index (χ1) is 9.72. The SMILES string of the molecule is COc1cc(OC)cc(-c2nc3ncccn3c2N)c1. The van der Waals surface area contributed by atoms with Crippen molar-refractivity contribution in [2.24, 2.45) is 0 Å². The van der Waals surface area contributed by atoms with Gasteiger partial charge in [-0.2, -0.15) is 0 Å². The van der Waals surface area contributed by atoms with Gasteiger partial charge in [0.05, 0.1) is 14.2 Å². The number of methoxy groups -OCH3 is 2. The number of hydrogen-bond acceptors (Lipinski definition) is 5. The highest BCUT2D eigenvalue weighted by Gasteiger charge is 2.13. The van der Waals surface area contributed by atoms with Gasteiger partial charge in [0.1, 0.15) is 23.0 Å². The molecule has 0 radical (unpaired) electrons. The number of fused-ring (bicyclic) bond motifs is 1. The molecule has 0 saturated carbocycles. The fourth-order valence-corrected chi connectivity index (χ4v) is 2.06. The second kappa shape index (κ2) is 4.73. The van der Waals surface area contributed by atoms with Crippen LogP contribution in [-0.2, 0) is 0 Å². The van der Waals surface area contributed by atoms with Crippen molar-refractivity contribution >= 4 is 11.6 Å². The Bertz CT molecular complexity index is 745. The molecule has 0 spiro atoms. The van der Waals surface area contributed by atoms with Crippen molar-refractivity contribution in [2.75, 3.05) is 20.0 Å². The minimum atomic E-state index is 0.531. The number of ether oxygens (including phenoxy) is 2. The standard InChI is InChI=1S/C14H14N4O2/c1-19-10-6-9(7-11(8-10)20-2)12-13(15)18-5-3-4-16-14(18)17-12/h3-8H,15H2,1-2H3. The molecule has 0 atom stereocenters. The molecular weight excluding hydrogens is 256 g/mol. The summed E-state index contributed by atoms with van der Waals surface area (Å²) >= 11 is 0. The minimum Gasteiger partial charge on any atom is -0.497 e. The molecule has 0 fully saturated rings. The predicted octanol–water partition coefficient (Wildman–Crippen LogP) is 2.00. The first-order valence-electron chi connectivity index (χ1n) is 6.05. The van der Waals surface area contributed by atoms with Gasteiger partial charge in [0.25, 0.3) is 0 Å². The van der Waals surface area contributed by atoms with Crippen molar-refractivity contribution in [1.82, 2.24) is 14.4 Å². The van der Waals surface area contributed by atoms with E-state index in [0.29, 0.717) is 28.8 Å². The molecule has 0 amide bonds. The van der Waals surface area contributed by atoms with Gasteiger partial charge in [-0.1, -0.05) is 0 Å². The first kappa shape index (κ1) is 12.3. The first-order valence-corrected chi connectivity index (χ1v) is 6.05. The van der Waals surface area contributed by atoms with Gasteiger partial charge in [-0.15, -0.1) is 0 Å². The summed E-state index contributed by atoms with van der Waals surface area (Å²) in [5, 5.41) is 0. The number of rotatable bonds is 3. The van der Waals surface area contributed by atoms with Crippen LogP contribution in [0, 0.1) is 0 Å². The Balaban J connectivity index is 2.22. The van der Waals surface area contributed by atoms with Gasteiger partial charge in [0.15, 0.2) is 0 Å². The number of hydrogen-bond donors (Lipinski definition) is 1. The predicted molar refractivity (Wildman–Crippen MR) is 75.9 cm³/mol. The highest BCUT2D eigenvalue weighted by Crippen LogP contribution is 2.32. The largest absolute Gasteiger partial charge is 0.497 e. The zero-order valence-corrected chi connectivity index (χ0v) is 11.2. The highest BCUT2D eigenvalue weighted by molar-refractivity contribution is 5.75. The van der Waals surface area contributed by atoms with E-state index in [1.54, 1.807) is 36.9 Å². The molecule has 0 aliphatic carbocycles. The van der Waals surface area contributed by atoms with E-state index in [9.17, 15) is 0 Å². The Morgan fingerprint density at radius 3 is 2.40 bits per heavy atom. The third-order valence-electron chi connectivity index (χ3n) is 3.07. The van der Waals surface area contributed by atoms with E-state index in [1.807, 2.05) is 18.3 Å². The molecule has 0 aliphatic rings. The number of aromatic nitrogens is 3. The minimum absolute atomic E-state index is 0.531. The molecule has 20 heavy (non-hydrogen) atoms. The van der Waals surface area contributed by atoms with Crippen LogP contribution in [0.1, 0.15) is 0 Å². The maximum atomic E-state index is 6.13. The zero-order chi connectivity index (χ0) is 14.1. The molecule has 0 unspecified atom stereocenters. The smallest absolute Gasteiger partial charge is 0.235 e. The van der Waals surface area contributed by atoms with Crippen LogP contribution in [0.15, 0.2) is 36.7 Å². The number of anilines is 1. The quantitative estimate of drug-likeness (QED) is 0.787. The fraction of sp³-hybridized carbons (Fsp3) is 0.143. The van der Waals surface area contributed by atoms with Crippen molar-refractivity contribution in [3.05, 3.63) is 36.7 Å². The van der Waals surface area contributed by atoms with Gasteiger partial charge in [-0.05, 0) is 18.2 Å². The number of nitrogen functional groups attached to an aromatic ring is 1. The molecule has 3 rings (SSSR count). The summed E-state index contributed by atoms with van der Waals surface area (Å²) in [6, 6.07) is 7.33. The van der Waals surface area contributed by atoms with Crippen molar-refractivity contribution in [2.45, 2.75) is 0 Å². The summed E-state index contributed by atoms with van der Waals surface area (Å²) in [5.74, 6) is 2.46. The second-order valence-corrected chi connectivity index (χ2v) is 4.24. The molecule has 2 N–H and O–H groups in total. The van der Waals surface area contributed by atoms with Crippen LogP contribution in [-0.4, -0.2) is 28.6 Å². The summed E-state index contributed by atoms with van der Waals surface area (Å²) < 4.78 is 12.3. The maximum Gasteiger partial charge on any atom is 0.235 e.